The molecule has 32 heavy (non-hydrogen) atoms. The average Bonchev–Trinajstić information content (AvgIpc) is 3.14. The lowest BCUT2D eigenvalue weighted by atomic mass is 10.1. The van der Waals surface area contributed by atoms with Crippen molar-refractivity contribution < 1.29 is 4.79 Å². The van der Waals surface area contributed by atoms with Crippen LogP contribution in [0.2, 0.25) is 0 Å². The number of hydrogen-bond donors (Lipinski definition) is 0. The quantitative estimate of drug-likeness (QED) is 0.500. The number of carbonyl (C=O) groups is 1. The largest absolute Gasteiger partial charge is 0.368 e. The number of aryl methyl sites for hydroxylation is 1. The van der Waals surface area contributed by atoms with E-state index in [4.69, 9.17) is 0 Å². The van der Waals surface area contributed by atoms with Crippen molar-refractivity contribution in [3.63, 3.8) is 0 Å². The van der Waals surface area contributed by atoms with Crippen molar-refractivity contribution in [3.05, 3.63) is 70.7 Å². The van der Waals surface area contributed by atoms with Gasteiger partial charge >= 0.3 is 0 Å². The zero-order valence-corrected chi connectivity index (χ0v) is 18.5. The van der Waals surface area contributed by atoms with Gasteiger partial charge in [-0.05, 0) is 51.1 Å². The van der Waals surface area contributed by atoms with Crippen LogP contribution in [-0.2, 0) is 0 Å². The maximum atomic E-state index is 13.2. The van der Waals surface area contributed by atoms with Crippen LogP contribution in [0.15, 0.2) is 53.7 Å². The van der Waals surface area contributed by atoms with Gasteiger partial charge in [-0.1, -0.05) is 6.07 Å². The highest BCUT2D eigenvalue weighted by atomic mass is 16.2. The number of anilines is 1. The van der Waals surface area contributed by atoms with Crippen LogP contribution in [0.5, 0.6) is 0 Å². The Bertz CT molecular complexity index is 1380. The number of hydrogen-bond acceptors (Lipinski definition) is 5. The lowest BCUT2D eigenvalue weighted by Gasteiger charge is -2.36. The lowest BCUT2D eigenvalue weighted by molar-refractivity contribution is 0.0739. The summed E-state index contributed by atoms with van der Waals surface area (Å²) in [5.41, 5.74) is 3.86. The van der Waals surface area contributed by atoms with Crippen molar-refractivity contribution in [2.75, 3.05) is 31.1 Å². The standard InChI is InChI=1S/C24H26N6O2/c1-16(2)30-15-25-20-14-18(7-8-19(20)23(30)31)27-10-12-28(13-11-27)24(32)22-17(3)26-21-6-4-5-9-29(21)22/h4-9,14-16H,10-13H2,1-3H3. The van der Waals surface area contributed by atoms with Crippen molar-refractivity contribution in [3.8, 4) is 0 Å². The molecule has 4 aromatic rings. The molecule has 0 bridgehead atoms. The van der Waals surface area contributed by atoms with E-state index in [0.717, 1.165) is 30.1 Å². The number of fused-ring (bicyclic) bond motifs is 2. The smallest absolute Gasteiger partial charge is 0.272 e. The highest BCUT2D eigenvalue weighted by Crippen LogP contribution is 2.22. The third-order valence-electron chi connectivity index (χ3n) is 6.16. The summed E-state index contributed by atoms with van der Waals surface area (Å²) in [6, 6.07) is 11.6. The first-order chi connectivity index (χ1) is 15.4. The molecule has 3 aromatic heterocycles. The maximum Gasteiger partial charge on any atom is 0.272 e. The van der Waals surface area contributed by atoms with Crippen LogP contribution in [0.1, 0.15) is 36.1 Å². The summed E-state index contributed by atoms with van der Waals surface area (Å²) in [6.07, 6.45) is 3.50. The second kappa shape index (κ2) is 7.78. The molecular weight excluding hydrogens is 404 g/mol. The van der Waals surface area contributed by atoms with Crippen LogP contribution in [0, 0.1) is 6.92 Å². The van der Waals surface area contributed by atoms with Gasteiger partial charge in [0.1, 0.15) is 11.3 Å². The van der Waals surface area contributed by atoms with Gasteiger partial charge in [0.25, 0.3) is 11.5 Å². The van der Waals surface area contributed by atoms with Gasteiger partial charge in [-0.25, -0.2) is 9.97 Å². The van der Waals surface area contributed by atoms with Crippen molar-refractivity contribution in [1.29, 1.82) is 0 Å². The molecule has 164 valence electrons. The maximum absolute atomic E-state index is 13.2. The fourth-order valence-corrected chi connectivity index (χ4v) is 4.38. The summed E-state index contributed by atoms with van der Waals surface area (Å²) in [7, 11) is 0. The molecular formula is C24H26N6O2. The summed E-state index contributed by atoms with van der Waals surface area (Å²) >= 11 is 0. The van der Waals surface area contributed by atoms with Gasteiger partial charge in [-0.2, -0.15) is 0 Å². The summed E-state index contributed by atoms with van der Waals surface area (Å²) in [5, 5.41) is 0.627. The highest BCUT2D eigenvalue weighted by molar-refractivity contribution is 5.95. The van der Waals surface area contributed by atoms with E-state index in [0.29, 0.717) is 29.7 Å². The summed E-state index contributed by atoms with van der Waals surface area (Å²) in [4.78, 5) is 39.0. The Balaban J connectivity index is 1.35. The Kier molecular flexibility index (Phi) is 4.92. The number of aromatic nitrogens is 4. The van der Waals surface area contributed by atoms with E-state index in [1.54, 1.807) is 10.9 Å². The van der Waals surface area contributed by atoms with Gasteiger partial charge in [-0.3, -0.25) is 18.6 Å². The Morgan fingerprint density at radius 1 is 1.06 bits per heavy atom. The number of amides is 1. The molecule has 1 saturated heterocycles. The molecule has 8 heteroatoms. The van der Waals surface area contributed by atoms with Gasteiger partial charge in [0.15, 0.2) is 0 Å². The molecule has 8 nitrogen and oxygen atoms in total. The normalized spacial score (nSPS) is 14.6. The van der Waals surface area contributed by atoms with Gasteiger partial charge < -0.3 is 9.80 Å². The summed E-state index contributed by atoms with van der Waals surface area (Å²) in [5.74, 6) is 0.00950. The van der Waals surface area contributed by atoms with E-state index in [1.165, 1.54) is 0 Å². The van der Waals surface area contributed by atoms with E-state index in [9.17, 15) is 9.59 Å². The fraction of sp³-hybridized carbons (Fsp3) is 0.333. The van der Waals surface area contributed by atoms with Gasteiger partial charge in [0, 0.05) is 44.1 Å². The molecule has 0 atom stereocenters. The topological polar surface area (TPSA) is 75.7 Å². The van der Waals surface area contributed by atoms with E-state index in [1.807, 2.05) is 72.7 Å². The summed E-state index contributed by atoms with van der Waals surface area (Å²) < 4.78 is 3.51. The summed E-state index contributed by atoms with van der Waals surface area (Å²) in [6.45, 7) is 8.51. The van der Waals surface area contributed by atoms with Crippen LogP contribution in [-0.4, -0.2) is 55.9 Å². The Morgan fingerprint density at radius 3 is 2.59 bits per heavy atom. The molecule has 0 aliphatic carbocycles. The molecule has 1 aliphatic heterocycles. The Morgan fingerprint density at radius 2 is 1.84 bits per heavy atom. The number of nitrogens with zero attached hydrogens (tertiary/aromatic N) is 6. The predicted octanol–water partition coefficient (Wildman–Crippen LogP) is 2.90. The minimum absolute atomic E-state index is 0.00950. The molecule has 5 rings (SSSR count). The van der Waals surface area contributed by atoms with Crippen LogP contribution >= 0.6 is 0 Å². The number of rotatable bonds is 3. The van der Waals surface area contributed by atoms with Crippen LogP contribution < -0.4 is 10.5 Å². The van der Waals surface area contributed by atoms with E-state index in [2.05, 4.69) is 14.9 Å². The zero-order valence-electron chi connectivity index (χ0n) is 18.5. The minimum Gasteiger partial charge on any atom is -0.368 e. The molecule has 1 amide bonds. The molecule has 4 heterocycles. The third-order valence-corrected chi connectivity index (χ3v) is 6.16. The third kappa shape index (κ3) is 3.32. The molecule has 0 radical (unpaired) electrons. The van der Waals surface area contributed by atoms with Crippen LogP contribution in [0.3, 0.4) is 0 Å². The average molecular weight is 431 g/mol. The Labute approximate surface area is 185 Å². The first-order valence-electron chi connectivity index (χ1n) is 10.9. The molecule has 0 unspecified atom stereocenters. The first-order valence-corrected chi connectivity index (χ1v) is 10.9. The van der Waals surface area contributed by atoms with E-state index in [-0.39, 0.29) is 17.5 Å². The highest BCUT2D eigenvalue weighted by Gasteiger charge is 2.26. The molecule has 1 aromatic carbocycles. The second-order valence-corrected chi connectivity index (χ2v) is 8.51. The van der Waals surface area contributed by atoms with Crippen molar-refractivity contribution in [2.24, 2.45) is 0 Å². The second-order valence-electron chi connectivity index (χ2n) is 8.51. The first kappa shape index (κ1) is 20.2. The molecule has 1 fully saturated rings. The monoisotopic (exact) mass is 430 g/mol. The lowest BCUT2D eigenvalue weighted by Crippen LogP contribution is -2.49. The van der Waals surface area contributed by atoms with Gasteiger partial charge in [0.05, 0.1) is 22.9 Å². The van der Waals surface area contributed by atoms with Crippen LogP contribution in [0.4, 0.5) is 5.69 Å². The minimum atomic E-state index is -0.0182. The number of imidazole rings is 1. The Hall–Kier alpha value is -3.68. The number of piperazine rings is 1. The molecule has 1 aliphatic rings. The number of benzene rings is 1. The van der Waals surface area contributed by atoms with E-state index < -0.39 is 0 Å². The van der Waals surface area contributed by atoms with Crippen molar-refractivity contribution in [1.82, 2.24) is 23.8 Å². The van der Waals surface area contributed by atoms with Gasteiger partial charge in [-0.15, -0.1) is 0 Å². The van der Waals surface area contributed by atoms with Crippen molar-refractivity contribution in [2.45, 2.75) is 26.8 Å². The zero-order chi connectivity index (χ0) is 22.4. The molecule has 0 saturated carbocycles. The number of pyridine rings is 1. The molecule has 0 spiro atoms. The van der Waals surface area contributed by atoms with E-state index >= 15 is 0 Å². The van der Waals surface area contributed by atoms with Crippen LogP contribution in [0.25, 0.3) is 16.6 Å². The predicted molar refractivity (Wildman–Crippen MR) is 124 cm³/mol. The SMILES string of the molecule is Cc1nc2ccccn2c1C(=O)N1CCN(c2ccc3c(=O)n(C(C)C)cnc3c2)CC1. The molecule has 0 N–H and O–H groups in total. The fourth-order valence-electron chi connectivity index (χ4n) is 4.38. The van der Waals surface area contributed by atoms with Crippen molar-refractivity contribution >= 4 is 28.1 Å². The van der Waals surface area contributed by atoms with Gasteiger partial charge in [0.2, 0.25) is 0 Å². The number of carbonyl (C=O) groups excluding carboxylic acids is 1.